The zero-order valence-electron chi connectivity index (χ0n) is 39.7. The van der Waals surface area contributed by atoms with Crippen LogP contribution in [0.25, 0.3) is 0 Å². The Morgan fingerprint density at radius 3 is 0.983 bits per heavy atom. The van der Waals surface area contributed by atoms with Crippen LogP contribution in [0.5, 0.6) is 0 Å². The van der Waals surface area contributed by atoms with Crippen LogP contribution < -0.4 is 0 Å². The van der Waals surface area contributed by atoms with Crippen molar-refractivity contribution in [2.45, 2.75) is 291 Å². The molecule has 0 aliphatic rings. The standard InChI is InChI=1S/C52H100O6/c1-6-8-9-30-37-42-50(53)56-45-49(46-57-51(54)43-38-33-28-24-21-20-23-27-32-36-41-48(5)7-2)58-52(55)44-39-34-29-25-19-17-15-13-11-10-12-14-16-18-22-26-31-35-40-47(3)4/h47-49H,6-46H2,1-5H3/t48?,49-/m0/s1. The molecule has 0 aromatic carbocycles. The van der Waals surface area contributed by atoms with E-state index in [1.807, 2.05) is 0 Å². The minimum atomic E-state index is -0.759. The third kappa shape index (κ3) is 44.0. The van der Waals surface area contributed by atoms with Crippen LogP contribution in [0.1, 0.15) is 285 Å². The molecule has 2 atom stereocenters. The van der Waals surface area contributed by atoms with Crippen LogP contribution in [0.15, 0.2) is 0 Å². The van der Waals surface area contributed by atoms with Gasteiger partial charge in [0.2, 0.25) is 0 Å². The molecule has 344 valence electrons. The van der Waals surface area contributed by atoms with E-state index in [0.29, 0.717) is 19.3 Å². The maximum Gasteiger partial charge on any atom is 0.306 e. The van der Waals surface area contributed by atoms with Gasteiger partial charge in [0, 0.05) is 19.3 Å². The summed E-state index contributed by atoms with van der Waals surface area (Å²) >= 11 is 0. The summed E-state index contributed by atoms with van der Waals surface area (Å²) in [5.74, 6) is 0.865. The molecule has 0 N–H and O–H groups in total. The number of esters is 3. The molecule has 0 aromatic heterocycles. The summed E-state index contributed by atoms with van der Waals surface area (Å²) in [6.45, 7) is 11.3. The lowest BCUT2D eigenvalue weighted by atomic mass is 9.99. The van der Waals surface area contributed by atoms with Crippen LogP contribution >= 0.6 is 0 Å². The molecule has 0 aliphatic heterocycles. The minimum absolute atomic E-state index is 0.0650. The van der Waals surface area contributed by atoms with Crippen LogP contribution in [0.2, 0.25) is 0 Å². The van der Waals surface area contributed by atoms with E-state index in [4.69, 9.17) is 14.2 Å². The number of carbonyl (C=O) groups is 3. The topological polar surface area (TPSA) is 78.9 Å². The zero-order valence-corrected chi connectivity index (χ0v) is 39.7. The maximum atomic E-state index is 12.7. The van der Waals surface area contributed by atoms with Gasteiger partial charge in [0.15, 0.2) is 6.10 Å². The Hall–Kier alpha value is -1.59. The molecule has 0 saturated carbocycles. The highest BCUT2D eigenvalue weighted by atomic mass is 16.6. The van der Waals surface area contributed by atoms with E-state index in [1.165, 1.54) is 167 Å². The highest BCUT2D eigenvalue weighted by Crippen LogP contribution is 2.18. The summed E-state index contributed by atoms with van der Waals surface area (Å²) in [7, 11) is 0. The van der Waals surface area contributed by atoms with Crippen molar-refractivity contribution >= 4 is 17.9 Å². The van der Waals surface area contributed by atoms with Crippen LogP contribution in [0.3, 0.4) is 0 Å². The van der Waals surface area contributed by atoms with Crippen LogP contribution in [0.4, 0.5) is 0 Å². The SMILES string of the molecule is CCCCCCCC(=O)OC[C@@H](COC(=O)CCCCCCCCCCCCC(C)CC)OC(=O)CCCCCCCCCCCCCCCCCCCCC(C)C. The van der Waals surface area contributed by atoms with E-state index < -0.39 is 6.10 Å². The minimum Gasteiger partial charge on any atom is -0.462 e. The lowest BCUT2D eigenvalue weighted by Crippen LogP contribution is -2.30. The Morgan fingerprint density at radius 1 is 0.362 bits per heavy atom. The Labute approximate surface area is 361 Å². The van der Waals surface area contributed by atoms with E-state index in [0.717, 1.165) is 76.0 Å². The third-order valence-electron chi connectivity index (χ3n) is 12.1. The molecule has 0 amide bonds. The van der Waals surface area contributed by atoms with Gasteiger partial charge >= 0.3 is 17.9 Å². The Balaban J connectivity index is 4.09. The van der Waals surface area contributed by atoms with Gasteiger partial charge in [-0.15, -0.1) is 0 Å². The Bertz CT molecular complexity index is 887. The molecular formula is C52H100O6. The second-order valence-corrected chi connectivity index (χ2v) is 18.5. The van der Waals surface area contributed by atoms with Gasteiger partial charge in [0.1, 0.15) is 13.2 Å². The van der Waals surface area contributed by atoms with Crippen LogP contribution in [0, 0.1) is 11.8 Å². The molecule has 0 aliphatic carbocycles. The monoisotopic (exact) mass is 821 g/mol. The van der Waals surface area contributed by atoms with Crippen molar-refractivity contribution in [2.24, 2.45) is 11.8 Å². The Morgan fingerprint density at radius 2 is 0.655 bits per heavy atom. The molecule has 0 radical (unpaired) electrons. The number of ether oxygens (including phenoxy) is 3. The fourth-order valence-corrected chi connectivity index (χ4v) is 7.78. The first-order valence-corrected chi connectivity index (χ1v) is 25.8. The molecule has 0 rings (SSSR count). The van der Waals surface area contributed by atoms with Crippen LogP contribution in [-0.4, -0.2) is 37.2 Å². The predicted octanol–water partition coefficient (Wildman–Crippen LogP) is 16.5. The van der Waals surface area contributed by atoms with E-state index in [-0.39, 0.29) is 31.1 Å². The first kappa shape index (κ1) is 56.4. The van der Waals surface area contributed by atoms with Crippen molar-refractivity contribution in [1.82, 2.24) is 0 Å². The predicted molar refractivity (Wildman–Crippen MR) is 247 cm³/mol. The van der Waals surface area contributed by atoms with E-state index in [2.05, 4.69) is 34.6 Å². The van der Waals surface area contributed by atoms with Crippen LogP contribution in [-0.2, 0) is 28.6 Å². The summed E-state index contributed by atoms with van der Waals surface area (Å²) in [5.41, 5.74) is 0. The van der Waals surface area contributed by atoms with Crippen molar-refractivity contribution in [3.05, 3.63) is 0 Å². The quantitative estimate of drug-likeness (QED) is 0.0346. The molecule has 0 spiro atoms. The van der Waals surface area contributed by atoms with E-state index in [1.54, 1.807) is 0 Å². The van der Waals surface area contributed by atoms with Gasteiger partial charge in [0.05, 0.1) is 0 Å². The maximum absolute atomic E-state index is 12.7. The lowest BCUT2D eigenvalue weighted by molar-refractivity contribution is -0.167. The molecule has 6 heteroatoms. The number of unbranched alkanes of at least 4 members (excludes halogenated alkanes) is 30. The Kier molecular flexibility index (Phi) is 43.7. The number of rotatable bonds is 46. The molecule has 0 bridgehead atoms. The molecule has 0 heterocycles. The highest BCUT2D eigenvalue weighted by molar-refractivity contribution is 5.71. The molecule has 6 nitrogen and oxygen atoms in total. The fourth-order valence-electron chi connectivity index (χ4n) is 7.78. The summed E-state index contributed by atoms with van der Waals surface area (Å²) in [4.78, 5) is 37.6. The van der Waals surface area contributed by atoms with Crippen molar-refractivity contribution in [3.8, 4) is 0 Å². The summed E-state index contributed by atoms with van der Waals surface area (Å²) < 4.78 is 16.7. The van der Waals surface area contributed by atoms with Crippen molar-refractivity contribution in [2.75, 3.05) is 13.2 Å². The first-order valence-electron chi connectivity index (χ1n) is 25.8. The average molecular weight is 821 g/mol. The highest BCUT2D eigenvalue weighted by Gasteiger charge is 2.19. The van der Waals surface area contributed by atoms with E-state index >= 15 is 0 Å². The normalized spacial score (nSPS) is 12.5. The molecule has 0 saturated heterocycles. The molecular weight excluding hydrogens is 721 g/mol. The molecule has 1 unspecified atom stereocenters. The van der Waals surface area contributed by atoms with Gasteiger partial charge in [-0.2, -0.15) is 0 Å². The van der Waals surface area contributed by atoms with E-state index in [9.17, 15) is 14.4 Å². The second kappa shape index (κ2) is 44.9. The number of carbonyl (C=O) groups excluding carboxylic acids is 3. The van der Waals surface area contributed by atoms with Gasteiger partial charge in [-0.3, -0.25) is 14.4 Å². The van der Waals surface area contributed by atoms with Gasteiger partial charge in [0.25, 0.3) is 0 Å². The molecule has 0 fully saturated rings. The summed E-state index contributed by atoms with van der Waals surface area (Å²) in [6.07, 6.45) is 45.5. The van der Waals surface area contributed by atoms with Crippen molar-refractivity contribution in [3.63, 3.8) is 0 Å². The lowest BCUT2D eigenvalue weighted by Gasteiger charge is -2.18. The van der Waals surface area contributed by atoms with Gasteiger partial charge in [-0.05, 0) is 31.1 Å². The van der Waals surface area contributed by atoms with Gasteiger partial charge < -0.3 is 14.2 Å². The number of hydrogen-bond acceptors (Lipinski definition) is 6. The van der Waals surface area contributed by atoms with Gasteiger partial charge in [-0.1, -0.05) is 247 Å². The third-order valence-corrected chi connectivity index (χ3v) is 12.1. The molecule has 58 heavy (non-hydrogen) atoms. The summed E-state index contributed by atoms with van der Waals surface area (Å²) in [6, 6.07) is 0. The fraction of sp³-hybridized carbons (Fsp3) is 0.942. The smallest absolute Gasteiger partial charge is 0.306 e. The number of hydrogen-bond donors (Lipinski definition) is 0. The van der Waals surface area contributed by atoms with Crippen molar-refractivity contribution < 1.29 is 28.6 Å². The molecule has 0 aromatic rings. The van der Waals surface area contributed by atoms with Gasteiger partial charge in [-0.25, -0.2) is 0 Å². The average Bonchev–Trinajstić information content (AvgIpc) is 3.21. The summed E-state index contributed by atoms with van der Waals surface area (Å²) in [5, 5.41) is 0. The van der Waals surface area contributed by atoms with Crippen molar-refractivity contribution in [1.29, 1.82) is 0 Å². The second-order valence-electron chi connectivity index (χ2n) is 18.5. The first-order chi connectivity index (χ1) is 28.3. The zero-order chi connectivity index (χ0) is 42.6. The largest absolute Gasteiger partial charge is 0.462 e.